The third-order valence-corrected chi connectivity index (χ3v) is 4.28. The van der Waals surface area contributed by atoms with Crippen molar-refractivity contribution in [3.05, 3.63) is 29.8 Å². The number of hydrogen-bond donors (Lipinski definition) is 1. The molecule has 0 bridgehead atoms. The molecule has 1 aromatic rings. The molecule has 0 aromatic heterocycles. The Balaban J connectivity index is 1.66. The van der Waals surface area contributed by atoms with Crippen molar-refractivity contribution in [2.45, 2.75) is 44.6 Å². The Kier molecular flexibility index (Phi) is 3.84. The molecule has 1 atom stereocenters. The summed E-state index contributed by atoms with van der Waals surface area (Å²) in [6.45, 7) is 3.69. The normalized spacial score (nSPS) is 24.4. The van der Waals surface area contributed by atoms with E-state index >= 15 is 0 Å². The minimum absolute atomic E-state index is 0.701. The molecule has 3 rings (SSSR count). The molecule has 0 saturated carbocycles. The summed E-state index contributed by atoms with van der Waals surface area (Å²) in [7, 11) is 0. The lowest BCUT2D eigenvalue weighted by Crippen LogP contribution is -2.35. The van der Waals surface area contributed by atoms with E-state index in [1.165, 1.54) is 69.4 Å². The molecule has 2 heterocycles. The molecule has 0 amide bonds. The molecule has 2 aliphatic heterocycles. The number of hydrogen-bond acceptors (Lipinski definition) is 2. The van der Waals surface area contributed by atoms with Crippen LogP contribution in [0.2, 0.25) is 0 Å². The van der Waals surface area contributed by atoms with E-state index < -0.39 is 0 Å². The van der Waals surface area contributed by atoms with E-state index in [4.69, 9.17) is 0 Å². The fourth-order valence-corrected chi connectivity index (χ4v) is 3.24. The molecule has 2 saturated heterocycles. The van der Waals surface area contributed by atoms with Crippen LogP contribution >= 0.6 is 0 Å². The van der Waals surface area contributed by atoms with Crippen LogP contribution in [0.5, 0.6) is 0 Å². The monoisotopic (exact) mass is 244 g/mol. The Hall–Kier alpha value is -1.02. The van der Waals surface area contributed by atoms with Gasteiger partial charge in [-0.05, 0) is 56.3 Å². The molecular formula is C16H24N2. The van der Waals surface area contributed by atoms with Gasteiger partial charge in [0.15, 0.2) is 0 Å². The number of benzene rings is 1. The maximum atomic E-state index is 3.64. The van der Waals surface area contributed by atoms with Crippen molar-refractivity contribution in [3.8, 4) is 0 Å². The molecular weight excluding hydrogens is 220 g/mol. The standard InChI is InChI=1S/C16H24N2/c1-2-9-17-15(7-1)12-14-6-5-8-16(13-14)18-10-3-4-11-18/h5-6,8,13,15,17H,1-4,7,9-12H2. The molecule has 0 radical (unpaired) electrons. The summed E-state index contributed by atoms with van der Waals surface area (Å²) in [5, 5.41) is 3.64. The maximum Gasteiger partial charge on any atom is 0.0368 e. The Bertz CT molecular complexity index is 376. The van der Waals surface area contributed by atoms with E-state index in [1.807, 2.05) is 0 Å². The van der Waals surface area contributed by atoms with Gasteiger partial charge in [0, 0.05) is 24.8 Å². The molecule has 1 N–H and O–H groups in total. The Labute approximate surface area is 110 Å². The van der Waals surface area contributed by atoms with Crippen LogP contribution in [0.3, 0.4) is 0 Å². The molecule has 18 heavy (non-hydrogen) atoms. The minimum atomic E-state index is 0.701. The van der Waals surface area contributed by atoms with Crippen LogP contribution in [0.4, 0.5) is 5.69 Å². The molecule has 0 spiro atoms. The predicted molar refractivity (Wildman–Crippen MR) is 77.2 cm³/mol. The van der Waals surface area contributed by atoms with Crippen LogP contribution < -0.4 is 10.2 Å². The fraction of sp³-hybridized carbons (Fsp3) is 0.625. The van der Waals surface area contributed by atoms with Crippen molar-refractivity contribution < 1.29 is 0 Å². The number of nitrogens with one attached hydrogen (secondary N) is 1. The first kappa shape index (κ1) is 12.0. The van der Waals surface area contributed by atoms with Crippen LogP contribution in [0, 0.1) is 0 Å². The summed E-state index contributed by atoms with van der Waals surface area (Å²) in [6, 6.07) is 9.89. The van der Waals surface area contributed by atoms with Crippen molar-refractivity contribution in [1.82, 2.24) is 5.32 Å². The smallest absolute Gasteiger partial charge is 0.0368 e. The molecule has 2 nitrogen and oxygen atoms in total. The van der Waals surface area contributed by atoms with Crippen LogP contribution in [-0.2, 0) is 6.42 Å². The van der Waals surface area contributed by atoms with Gasteiger partial charge in [0.25, 0.3) is 0 Å². The number of anilines is 1. The lowest BCUT2D eigenvalue weighted by molar-refractivity contribution is 0.399. The van der Waals surface area contributed by atoms with E-state index in [2.05, 4.69) is 34.5 Å². The second-order valence-electron chi connectivity index (χ2n) is 5.72. The van der Waals surface area contributed by atoms with Crippen molar-refractivity contribution in [2.75, 3.05) is 24.5 Å². The molecule has 2 fully saturated rings. The first-order valence-corrected chi connectivity index (χ1v) is 7.49. The SMILES string of the molecule is c1cc(CC2CCCCN2)cc(N2CCCC2)c1. The lowest BCUT2D eigenvalue weighted by Gasteiger charge is -2.24. The Morgan fingerprint density at radius 1 is 1.11 bits per heavy atom. The number of nitrogens with zero attached hydrogens (tertiary/aromatic N) is 1. The van der Waals surface area contributed by atoms with Gasteiger partial charge in [0.05, 0.1) is 0 Å². The highest BCUT2D eigenvalue weighted by atomic mass is 15.1. The second kappa shape index (κ2) is 5.75. The minimum Gasteiger partial charge on any atom is -0.372 e. The summed E-state index contributed by atoms with van der Waals surface area (Å²) < 4.78 is 0. The van der Waals surface area contributed by atoms with Gasteiger partial charge in [-0.3, -0.25) is 0 Å². The first-order chi connectivity index (χ1) is 8.92. The highest BCUT2D eigenvalue weighted by molar-refractivity contribution is 5.49. The fourth-order valence-electron chi connectivity index (χ4n) is 3.24. The number of rotatable bonds is 3. The molecule has 2 aliphatic rings. The van der Waals surface area contributed by atoms with Gasteiger partial charge >= 0.3 is 0 Å². The molecule has 1 unspecified atom stereocenters. The molecule has 98 valence electrons. The average Bonchev–Trinajstić information content (AvgIpc) is 2.94. The van der Waals surface area contributed by atoms with Crippen molar-refractivity contribution in [3.63, 3.8) is 0 Å². The summed E-state index contributed by atoms with van der Waals surface area (Å²) in [5.74, 6) is 0. The zero-order chi connectivity index (χ0) is 12.2. The summed E-state index contributed by atoms with van der Waals surface area (Å²) in [5.41, 5.74) is 2.93. The topological polar surface area (TPSA) is 15.3 Å². The third-order valence-electron chi connectivity index (χ3n) is 4.28. The van der Waals surface area contributed by atoms with Gasteiger partial charge < -0.3 is 10.2 Å². The van der Waals surface area contributed by atoms with E-state index in [1.54, 1.807) is 0 Å². The Morgan fingerprint density at radius 3 is 2.78 bits per heavy atom. The van der Waals surface area contributed by atoms with Crippen LogP contribution in [0.15, 0.2) is 24.3 Å². The van der Waals surface area contributed by atoms with E-state index in [9.17, 15) is 0 Å². The molecule has 2 heteroatoms. The molecule has 1 aromatic carbocycles. The largest absolute Gasteiger partial charge is 0.372 e. The zero-order valence-electron chi connectivity index (χ0n) is 11.2. The summed E-state index contributed by atoms with van der Waals surface area (Å²) in [6.07, 6.45) is 7.99. The highest BCUT2D eigenvalue weighted by Gasteiger charge is 2.15. The maximum absolute atomic E-state index is 3.64. The van der Waals surface area contributed by atoms with E-state index in [-0.39, 0.29) is 0 Å². The van der Waals surface area contributed by atoms with Crippen molar-refractivity contribution >= 4 is 5.69 Å². The van der Waals surface area contributed by atoms with Crippen LogP contribution in [0.25, 0.3) is 0 Å². The van der Waals surface area contributed by atoms with E-state index in [0.29, 0.717) is 6.04 Å². The predicted octanol–water partition coefficient (Wildman–Crippen LogP) is 2.97. The van der Waals surface area contributed by atoms with Crippen LogP contribution in [-0.4, -0.2) is 25.7 Å². The van der Waals surface area contributed by atoms with Gasteiger partial charge in [-0.2, -0.15) is 0 Å². The average molecular weight is 244 g/mol. The first-order valence-electron chi connectivity index (χ1n) is 7.49. The van der Waals surface area contributed by atoms with Gasteiger partial charge in [0.1, 0.15) is 0 Å². The highest BCUT2D eigenvalue weighted by Crippen LogP contribution is 2.22. The van der Waals surface area contributed by atoms with Crippen LogP contribution in [0.1, 0.15) is 37.7 Å². The third kappa shape index (κ3) is 2.86. The van der Waals surface area contributed by atoms with Crippen molar-refractivity contribution in [1.29, 1.82) is 0 Å². The van der Waals surface area contributed by atoms with Gasteiger partial charge in [-0.25, -0.2) is 0 Å². The second-order valence-corrected chi connectivity index (χ2v) is 5.72. The van der Waals surface area contributed by atoms with E-state index in [0.717, 1.165) is 0 Å². The van der Waals surface area contributed by atoms with Gasteiger partial charge in [-0.1, -0.05) is 18.6 Å². The quantitative estimate of drug-likeness (QED) is 0.879. The summed E-state index contributed by atoms with van der Waals surface area (Å²) >= 11 is 0. The molecule has 0 aliphatic carbocycles. The zero-order valence-corrected chi connectivity index (χ0v) is 11.2. The van der Waals surface area contributed by atoms with Gasteiger partial charge in [-0.15, -0.1) is 0 Å². The summed E-state index contributed by atoms with van der Waals surface area (Å²) in [4.78, 5) is 2.53. The lowest BCUT2D eigenvalue weighted by atomic mass is 9.97. The van der Waals surface area contributed by atoms with Crippen molar-refractivity contribution in [2.24, 2.45) is 0 Å². The Morgan fingerprint density at radius 2 is 2.00 bits per heavy atom. The number of piperidine rings is 1. The van der Waals surface area contributed by atoms with Gasteiger partial charge in [0.2, 0.25) is 0 Å².